The van der Waals surface area contributed by atoms with Crippen LogP contribution in [0.4, 0.5) is 0 Å². The summed E-state index contributed by atoms with van der Waals surface area (Å²) >= 11 is 0. The lowest BCUT2D eigenvalue weighted by Gasteiger charge is -2.29. The van der Waals surface area contributed by atoms with E-state index in [0.717, 1.165) is 30.3 Å². The van der Waals surface area contributed by atoms with Crippen LogP contribution in [-0.2, 0) is 0 Å². The summed E-state index contributed by atoms with van der Waals surface area (Å²) in [6, 6.07) is 11.3. The molecule has 4 nitrogen and oxygen atoms in total. The molecule has 0 aliphatic carbocycles. The molecule has 4 heteroatoms. The number of amides is 2. The molecule has 2 aromatic carbocycles. The molecule has 21 heavy (non-hydrogen) atoms. The van der Waals surface area contributed by atoms with Gasteiger partial charge in [-0.05, 0) is 42.9 Å². The van der Waals surface area contributed by atoms with Gasteiger partial charge in [-0.15, -0.1) is 0 Å². The molecule has 2 aliphatic rings. The third-order valence-corrected chi connectivity index (χ3v) is 4.46. The van der Waals surface area contributed by atoms with Gasteiger partial charge in [-0.25, -0.2) is 0 Å². The van der Waals surface area contributed by atoms with Crippen LogP contribution in [0.5, 0.6) is 0 Å². The normalized spacial score (nSPS) is 21.3. The highest BCUT2D eigenvalue weighted by Crippen LogP contribution is 2.30. The van der Waals surface area contributed by atoms with Crippen molar-refractivity contribution in [1.82, 2.24) is 10.2 Å². The van der Waals surface area contributed by atoms with Gasteiger partial charge < -0.3 is 5.32 Å². The molecule has 1 N–H and O–H groups in total. The monoisotopic (exact) mass is 280 g/mol. The van der Waals surface area contributed by atoms with Crippen LogP contribution < -0.4 is 5.32 Å². The molecule has 4 rings (SSSR count). The number of carbonyl (C=O) groups is 2. The van der Waals surface area contributed by atoms with Crippen molar-refractivity contribution in [3.63, 3.8) is 0 Å². The molecular weight excluding hydrogens is 264 g/mol. The van der Waals surface area contributed by atoms with E-state index in [1.54, 1.807) is 0 Å². The second kappa shape index (κ2) is 4.67. The van der Waals surface area contributed by atoms with Crippen molar-refractivity contribution in [3.8, 4) is 0 Å². The van der Waals surface area contributed by atoms with Crippen LogP contribution in [0.3, 0.4) is 0 Å². The molecule has 0 spiro atoms. The number of hydrogen-bond donors (Lipinski definition) is 1. The standard InChI is InChI=1S/C17H16N2O2/c20-16-13-5-1-3-12-4-2-6-14(15(12)13)17(21)19(16)10-11-7-8-18-9-11/h1-6,11,18H,7-10H2. The van der Waals surface area contributed by atoms with Gasteiger partial charge >= 0.3 is 0 Å². The number of imide groups is 1. The molecule has 0 bridgehead atoms. The fourth-order valence-electron chi connectivity index (χ4n) is 3.37. The first kappa shape index (κ1) is 12.5. The van der Waals surface area contributed by atoms with Gasteiger partial charge in [-0.1, -0.05) is 24.3 Å². The average molecular weight is 280 g/mol. The zero-order chi connectivity index (χ0) is 14.4. The van der Waals surface area contributed by atoms with Crippen molar-refractivity contribution < 1.29 is 9.59 Å². The van der Waals surface area contributed by atoms with Crippen molar-refractivity contribution in [2.45, 2.75) is 6.42 Å². The largest absolute Gasteiger partial charge is 0.316 e. The van der Waals surface area contributed by atoms with Gasteiger partial charge in [-0.3, -0.25) is 14.5 Å². The Kier molecular flexibility index (Phi) is 2.79. The maximum absolute atomic E-state index is 12.7. The number of nitrogens with one attached hydrogen (secondary N) is 1. The molecule has 2 aromatic rings. The highest BCUT2D eigenvalue weighted by atomic mass is 16.2. The lowest BCUT2D eigenvalue weighted by molar-refractivity contribution is 0.0589. The second-order valence-electron chi connectivity index (χ2n) is 5.79. The quantitative estimate of drug-likeness (QED) is 0.857. The SMILES string of the molecule is O=C1c2cccc3cccc(c23)C(=O)N1CC1CCNC1. The number of hydrogen-bond acceptors (Lipinski definition) is 3. The van der Waals surface area contributed by atoms with Gasteiger partial charge in [0.2, 0.25) is 0 Å². The fraction of sp³-hybridized carbons (Fsp3) is 0.294. The van der Waals surface area contributed by atoms with E-state index in [2.05, 4.69) is 5.32 Å². The first-order valence-electron chi connectivity index (χ1n) is 7.34. The van der Waals surface area contributed by atoms with Gasteiger partial charge in [0.1, 0.15) is 0 Å². The molecule has 1 fully saturated rings. The van der Waals surface area contributed by atoms with Crippen LogP contribution in [0.25, 0.3) is 10.8 Å². The van der Waals surface area contributed by atoms with Crippen LogP contribution in [0.15, 0.2) is 36.4 Å². The predicted octanol–water partition coefficient (Wildman–Crippen LogP) is 2.05. The highest BCUT2D eigenvalue weighted by Gasteiger charge is 2.34. The number of nitrogens with zero attached hydrogens (tertiary/aromatic N) is 1. The Hall–Kier alpha value is -2.20. The fourth-order valence-corrected chi connectivity index (χ4v) is 3.37. The van der Waals surface area contributed by atoms with E-state index in [0.29, 0.717) is 23.6 Å². The van der Waals surface area contributed by atoms with E-state index in [1.807, 2.05) is 36.4 Å². The minimum atomic E-state index is -0.156. The summed E-state index contributed by atoms with van der Waals surface area (Å²) in [5.74, 6) is 0.0507. The third-order valence-electron chi connectivity index (χ3n) is 4.46. The Morgan fingerprint density at radius 1 is 1.05 bits per heavy atom. The second-order valence-corrected chi connectivity index (χ2v) is 5.79. The van der Waals surface area contributed by atoms with Crippen molar-refractivity contribution in [1.29, 1.82) is 0 Å². The summed E-state index contributed by atoms with van der Waals surface area (Å²) in [6.07, 6.45) is 1.02. The Morgan fingerprint density at radius 3 is 2.29 bits per heavy atom. The molecule has 2 amide bonds. The topological polar surface area (TPSA) is 49.4 Å². The van der Waals surface area contributed by atoms with Crippen molar-refractivity contribution in [2.24, 2.45) is 5.92 Å². The molecule has 1 unspecified atom stereocenters. The average Bonchev–Trinajstić information content (AvgIpc) is 3.02. The van der Waals surface area contributed by atoms with Crippen molar-refractivity contribution >= 4 is 22.6 Å². The Labute approximate surface area is 122 Å². The van der Waals surface area contributed by atoms with E-state index in [-0.39, 0.29) is 11.8 Å². The van der Waals surface area contributed by atoms with E-state index in [9.17, 15) is 9.59 Å². The maximum atomic E-state index is 12.7. The molecule has 0 aromatic heterocycles. The van der Waals surface area contributed by atoms with E-state index in [1.165, 1.54) is 4.90 Å². The first-order valence-corrected chi connectivity index (χ1v) is 7.34. The summed E-state index contributed by atoms with van der Waals surface area (Å²) in [5, 5.41) is 5.04. The molecule has 2 heterocycles. The van der Waals surface area contributed by atoms with Crippen LogP contribution in [-0.4, -0.2) is 36.3 Å². The molecule has 2 aliphatic heterocycles. The number of rotatable bonds is 2. The minimum absolute atomic E-state index is 0.156. The van der Waals surface area contributed by atoms with Crippen LogP contribution in [0.2, 0.25) is 0 Å². The molecule has 0 radical (unpaired) electrons. The van der Waals surface area contributed by atoms with Crippen molar-refractivity contribution in [3.05, 3.63) is 47.5 Å². The smallest absolute Gasteiger partial charge is 0.261 e. The van der Waals surface area contributed by atoms with E-state index >= 15 is 0 Å². The number of benzene rings is 2. The van der Waals surface area contributed by atoms with E-state index in [4.69, 9.17) is 0 Å². The zero-order valence-electron chi connectivity index (χ0n) is 11.6. The maximum Gasteiger partial charge on any atom is 0.261 e. The Bertz CT molecular complexity index is 697. The summed E-state index contributed by atoms with van der Waals surface area (Å²) in [6.45, 7) is 2.35. The van der Waals surface area contributed by atoms with Crippen LogP contribution in [0, 0.1) is 5.92 Å². The molecule has 0 saturated carbocycles. The van der Waals surface area contributed by atoms with Crippen LogP contribution in [0.1, 0.15) is 27.1 Å². The molecular formula is C17H16N2O2. The number of carbonyl (C=O) groups excluding carboxylic acids is 2. The summed E-state index contributed by atoms with van der Waals surface area (Å²) in [4.78, 5) is 26.8. The summed E-state index contributed by atoms with van der Waals surface area (Å²) < 4.78 is 0. The lowest BCUT2D eigenvalue weighted by atomic mass is 9.93. The molecule has 1 saturated heterocycles. The zero-order valence-corrected chi connectivity index (χ0v) is 11.6. The van der Waals surface area contributed by atoms with Gasteiger partial charge in [-0.2, -0.15) is 0 Å². The third kappa shape index (κ3) is 1.87. The van der Waals surface area contributed by atoms with Gasteiger partial charge in [0.05, 0.1) is 0 Å². The minimum Gasteiger partial charge on any atom is -0.316 e. The Morgan fingerprint density at radius 2 is 1.71 bits per heavy atom. The van der Waals surface area contributed by atoms with E-state index < -0.39 is 0 Å². The highest BCUT2D eigenvalue weighted by molar-refractivity contribution is 6.25. The molecule has 106 valence electrons. The van der Waals surface area contributed by atoms with Crippen LogP contribution >= 0.6 is 0 Å². The predicted molar refractivity (Wildman–Crippen MR) is 80.3 cm³/mol. The summed E-state index contributed by atoms with van der Waals surface area (Å²) in [7, 11) is 0. The van der Waals surface area contributed by atoms with Crippen molar-refractivity contribution in [2.75, 3.05) is 19.6 Å². The lowest BCUT2D eigenvalue weighted by Crippen LogP contribution is -2.43. The summed E-state index contributed by atoms with van der Waals surface area (Å²) in [5.41, 5.74) is 1.29. The molecule has 1 atom stereocenters. The Balaban J connectivity index is 1.81. The van der Waals surface area contributed by atoms with Gasteiger partial charge in [0.15, 0.2) is 0 Å². The van der Waals surface area contributed by atoms with Gasteiger partial charge in [0.25, 0.3) is 11.8 Å². The van der Waals surface area contributed by atoms with Gasteiger partial charge in [0, 0.05) is 23.1 Å². The first-order chi connectivity index (χ1) is 10.3.